The van der Waals surface area contributed by atoms with Gasteiger partial charge in [0.1, 0.15) is 5.75 Å². The molecular weight excluding hydrogens is 294 g/mol. The molecule has 1 atom stereocenters. The number of carbonyl (C=O) groups excluding carboxylic acids is 1. The Bertz CT molecular complexity index is 651. The van der Waals surface area contributed by atoms with Crippen LogP contribution in [0.25, 0.3) is 0 Å². The van der Waals surface area contributed by atoms with Gasteiger partial charge in [0.25, 0.3) is 0 Å². The fraction of sp³-hybridized carbons (Fsp3) is 0.429. The van der Waals surface area contributed by atoms with Crippen molar-refractivity contribution in [3.63, 3.8) is 0 Å². The molecule has 21 heavy (non-hydrogen) atoms. The second-order valence-electron chi connectivity index (χ2n) is 4.87. The van der Waals surface area contributed by atoms with Crippen molar-refractivity contribution in [3.8, 4) is 0 Å². The van der Waals surface area contributed by atoms with Gasteiger partial charge in [-0.1, -0.05) is 13.0 Å². The second-order valence-corrected chi connectivity index (χ2v) is 6.83. The first-order valence-electron chi connectivity index (χ1n) is 6.54. The van der Waals surface area contributed by atoms with E-state index in [2.05, 4.69) is 5.32 Å². The Labute approximate surface area is 124 Å². The van der Waals surface area contributed by atoms with Gasteiger partial charge in [-0.05, 0) is 38.0 Å². The van der Waals surface area contributed by atoms with Crippen LogP contribution >= 0.6 is 0 Å². The van der Waals surface area contributed by atoms with Crippen molar-refractivity contribution in [2.75, 3.05) is 5.75 Å². The molecule has 0 saturated heterocycles. The van der Waals surface area contributed by atoms with Gasteiger partial charge in [-0.2, -0.15) is 0 Å². The van der Waals surface area contributed by atoms with Gasteiger partial charge < -0.3 is 10.4 Å². The minimum absolute atomic E-state index is 0.0848. The summed E-state index contributed by atoms with van der Waals surface area (Å²) in [5, 5.41) is 11.6. The maximum Gasteiger partial charge on any atom is 0.335 e. The van der Waals surface area contributed by atoms with E-state index in [-0.39, 0.29) is 22.1 Å². The molecule has 1 aromatic carbocycles. The molecule has 1 amide bonds. The van der Waals surface area contributed by atoms with Gasteiger partial charge in [0.2, 0.25) is 5.91 Å². The van der Waals surface area contributed by atoms with E-state index in [4.69, 9.17) is 5.11 Å². The van der Waals surface area contributed by atoms with Crippen LogP contribution in [0.3, 0.4) is 0 Å². The Morgan fingerprint density at radius 2 is 1.95 bits per heavy atom. The van der Waals surface area contributed by atoms with E-state index in [1.54, 1.807) is 6.92 Å². The summed E-state index contributed by atoms with van der Waals surface area (Å²) < 4.78 is 24.5. The maximum atomic E-state index is 12.3. The molecular formula is C14H19NO5S. The molecule has 0 radical (unpaired) electrons. The quantitative estimate of drug-likeness (QED) is 0.826. The molecule has 0 spiro atoms. The first-order valence-corrected chi connectivity index (χ1v) is 8.19. The highest BCUT2D eigenvalue weighted by Crippen LogP contribution is 2.20. The third-order valence-corrected chi connectivity index (χ3v) is 4.95. The van der Waals surface area contributed by atoms with Gasteiger partial charge in [-0.3, -0.25) is 4.79 Å². The van der Waals surface area contributed by atoms with E-state index in [1.807, 2.05) is 6.92 Å². The monoisotopic (exact) mass is 313 g/mol. The molecule has 0 aliphatic rings. The summed E-state index contributed by atoms with van der Waals surface area (Å²) in [6.45, 7) is 5.07. The highest BCUT2D eigenvalue weighted by Gasteiger charge is 2.24. The van der Waals surface area contributed by atoms with Crippen molar-refractivity contribution in [1.82, 2.24) is 5.32 Å². The number of rotatable bonds is 6. The predicted molar refractivity (Wildman–Crippen MR) is 78.1 cm³/mol. The van der Waals surface area contributed by atoms with Crippen LogP contribution in [0.5, 0.6) is 0 Å². The lowest BCUT2D eigenvalue weighted by atomic mass is 10.1. The maximum absolute atomic E-state index is 12.3. The third kappa shape index (κ3) is 4.29. The Morgan fingerprint density at radius 1 is 1.33 bits per heavy atom. The van der Waals surface area contributed by atoms with Crippen LogP contribution in [-0.4, -0.2) is 37.2 Å². The zero-order chi connectivity index (χ0) is 16.2. The van der Waals surface area contributed by atoms with Gasteiger partial charge in [0, 0.05) is 6.04 Å². The molecule has 1 aromatic rings. The Morgan fingerprint density at radius 3 is 2.48 bits per heavy atom. The largest absolute Gasteiger partial charge is 0.478 e. The van der Waals surface area contributed by atoms with Crippen molar-refractivity contribution in [2.24, 2.45) is 0 Å². The average molecular weight is 313 g/mol. The lowest BCUT2D eigenvalue weighted by Gasteiger charge is -2.13. The van der Waals surface area contributed by atoms with Crippen LogP contribution < -0.4 is 5.32 Å². The highest BCUT2D eigenvalue weighted by molar-refractivity contribution is 7.92. The number of hydrogen-bond donors (Lipinski definition) is 2. The van der Waals surface area contributed by atoms with E-state index in [0.717, 1.165) is 0 Å². The number of carboxylic acid groups (broad SMARTS) is 1. The van der Waals surface area contributed by atoms with E-state index >= 15 is 0 Å². The molecule has 6 nitrogen and oxygen atoms in total. The summed E-state index contributed by atoms with van der Waals surface area (Å²) in [7, 11) is -3.88. The first kappa shape index (κ1) is 17.2. The molecule has 7 heteroatoms. The topological polar surface area (TPSA) is 101 Å². The molecule has 1 rings (SSSR count). The second kappa shape index (κ2) is 6.71. The van der Waals surface area contributed by atoms with Crippen LogP contribution in [0.4, 0.5) is 0 Å². The molecule has 1 unspecified atom stereocenters. The van der Waals surface area contributed by atoms with Crippen molar-refractivity contribution in [1.29, 1.82) is 0 Å². The first-order chi connectivity index (χ1) is 9.69. The summed E-state index contributed by atoms with van der Waals surface area (Å²) in [5.41, 5.74) is 0.0553. The van der Waals surface area contributed by atoms with Crippen LogP contribution in [0, 0.1) is 6.92 Å². The number of carboxylic acids is 1. The van der Waals surface area contributed by atoms with Crippen molar-refractivity contribution in [2.45, 2.75) is 38.1 Å². The number of amides is 1. The fourth-order valence-corrected chi connectivity index (χ4v) is 3.30. The number of aromatic carboxylic acids is 1. The fourth-order valence-electron chi connectivity index (χ4n) is 1.85. The normalized spacial score (nSPS) is 12.7. The number of carbonyl (C=O) groups is 2. The highest BCUT2D eigenvalue weighted by atomic mass is 32.2. The van der Waals surface area contributed by atoms with Crippen molar-refractivity contribution in [3.05, 3.63) is 29.3 Å². The standard InChI is InChI=1S/C14H19NO5S/c1-4-9(2)15-13(16)8-21(19,20)12-7-5-6-11(10(12)3)14(17)18/h5-7,9H,4,8H2,1-3H3,(H,15,16)(H,17,18). The molecule has 0 aliphatic carbocycles. The van der Waals surface area contributed by atoms with E-state index in [1.165, 1.54) is 25.1 Å². The van der Waals surface area contributed by atoms with Crippen LogP contribution in [0.1, 0.15) is 36.2 Å². The molecule has 0 saturated carbocycles. The Balaban J connectivity index is 3.07. The minimum Gasteiger partial charge on any atom is -0.478 e. The number of hydrogen-bond acceptors (Lipinski definition) is 4. The van der Waals surface area contributed by atoms with Crippen molar-refractivity contribution >= 4 is 21.7 Å². The summed E-state index contributed by atoms with van der Waals surface area (Å²) in [4.78, 5) is 22.6. The van der Waals surface area contributed by atoms with Gasteiger partial charge in [-0.15, -0.1) is 0 Å². The third-order valence-electron chi connectivity index (χ3n) is 3.19. The zero-order valence-electron chi connectivity index (χ0n) is 12.2. The summed E-state index contributed by atoms with van der Waals surface area (Å²) >= 11 is 0. The molecule has 0 bridgehead atoms. The molecule has 2 N–H and O–H groups in total. The van der Waals surface area contributed by atoms with Crippen LogP contribution in [-0.2, 0) is 14.6 Å². The smallest absolute Gasteiger partial charge is 0.335 e. The molecule has 0 aromatic heterocycles. The van der Waals surface area contributed by atoms with Gasteiger partial charge in [0.15, 0.2) is 9.84 Å². The summed E-state index contributed by atoms with van der Waals surface area (Å²) in [5.74, 6) is -2.49. The molecule has 116 valence electrons. The summed E-state index contributed by atoms with van der Waals surface area (Å²) in [6.07, 6.45) is 0.694. The molecule has 0 aliphatic heterocycles. The number of benzene rings is 1. The lowest BCUT2D eigenvalue weighted by Crippen LogP contribution is -2.36. The van der Waals surface area contributed by atoms with Crippen molar-refractivity contribution < 1.29 is 23.1 Å². The summed E-state index contributed by atoms with van der Waals surface area (Å²) in [6, 6.07) is 3.89. The molecule has 0 heterocycles. The van der Waals surface area contributed by atoms with E-state index in [0.29, 0.717) is 6.42 Å². The number of nitrogens with one attached hydrogen (secondary N) is 1. The van der Waals surface area contributed by atoms with E-state index < -0.39 is 27.5 Å². The molecule has 0 fully saturated rings. The van der Waals surface area contributed by atoms with Gasteiger partial charge in [-0.25, -0.2) is 13.2 Å². The Kier molecular flexibility index (Phi) is 5.48. The van der Waals surface area contributed by atoms with Crippen LogP contribution in [0.15, 0.2) is 23.1 Å². The number of sulfone groups is 1. The SMILES string of the molecule is CCC(C)NC(=O)CS(=O)(=O)c1cccc(C(=O)O)c1C. The van der Waals surface area contributed by atoms with Gasteiger partial charge in [0.05, 0.1) is 10.5 Å². The predicted octanol–water partition coefficient (Wildman–Crippen LogP) is 1.38. The Hall–Kier alpha value is -1.89. The van der Waals surface area contributed by atoms with Crippen LogP contribution in [0.2, 0.25) is 0 Å². The van der Waals surface area contributed by atoms with E-state index in [9.17, 15) is 18.0 Å². The zero-order valence-corrected chi connectivity index (χ0v) is 13.0. The van der Waals surface area contributed by atoms with Gasteiger partial charge >= 0.3 is 5.97 Å². The lowest BCUT2D eigenvalue weighted by molar-refractivity contribution is -0.119. The minimum atomic E-state index is -3.88. The average Bonchev–Trinajstić information content (AvgIpc) is 2.37.